The van der Waals surface area contributed by atoms with E-state index in [0.29, 0.717) is 18.8 Å². The number of rotatable bonds is 3. The molecule has 0 radical (unpaired) electrons. The second-order valence-electron chi connectivity index (χ2n) is 5.85. The molecular formula is C20H19NO3. The number of amides is 1. The van der Waals surface area contributed by atoms with E-state index in [2.05, 4.69) is 18.7 Å². The summed E-state index contributed by atoms with van der Waals surface area (Å²) in [4.78, 5) is 25.1. The molecule has 0 fully saturated rings. The van der Waals surface area contributed by atoms with Crippen LogP contribution >= 0.6 is 0 Å². The first-order chi connectivity index (χ1) is 11.6. The van der Waals surface area contributed by atoms with E-state index >= 15 is 0 Å². The first kappa shape index (κ1) is 16.0. The number of fused-ring (bicyclic) bond motifs is 1. The van der Waals surface area contributed by atoms with E-state index in [4.69, 9.17) is 4.74 Å². The highest BCUT2D eigenvalue weighted by molar-refractivity contribution is 5.83. The lowest BCUT2D eigenvalue weighted by Gasteiger charge is -2.34. The molecule has 0 aromatic heterocycles. The number of esters is 1. The number of benzene rings is 2. The van der Waals surface area contributed by atoms with Crippen molar-refractivity contribution in [2.75, 3.05) is 6.54 Å². The van der Waals surface area contributed by atoms with Crippen molar-refractivity contribution in [1.82, 2.24) is 4.90 Å². The zero-order valence-corrected chi connectivity index (χ0v) is 13.6. The van der Waals surface area contributed by atoms with E-state index in [-0.39, 0.29) is 11.8 Å². The van der Waals surface area contributed by atoms with E-state index < -0.39 is 5.97 Å². The van der Waals surface area contributed by atoms with E-state index in [0.717, 1.165) is 17.2 Å². The summed E-state index contributed by atoms with van der Waals surface area (Å²) in [5.74, 6) is 0.112. The number of ether oxygens (including phenoxy) is 1. The second kappa shape index (κ2) is 6.71. The lowest BCUT2D eigenvalue weighted by Crippen LogP contribution is -2.37. The minimum absolute atomic E-state index is 0.0567. The van der Waals surface area contributed by atoms with Crippen LogP contribution in [0.4, 0.5) is 0 Å². The molecule has 1 heterocycles. The maximum absolute atomic E-state index is 11.9. The Morgan fingerprint density at radius 2 is 2.00 bits per heavy atom. The number of carbonyl (C=O) groups excluding carboxylic acids is 2. The van der Waals surface area contributed by atoms with Gasteiger partial charge >= 0.3 is 5.97 Å². The quantitative estimate of drug-likeness (QED) is 0.495. The molecule has 0 N–H and O–H groups in total. The van der Waals surface area contributed by atoms with Gasteiger partial charge in [0.1, 0.15) is 5.75 Å². The fraction of sp³-hybridized carbons (Fsp3) is 0.200. The molecule has 4 heteroatoms. The van der Waals surface area contributed by atoms with Crippen LogP contribution in [0.1, 0.15) is 29.5 Å². The zero-order valence-electron chi connectivity index (χ0n) is 13.6. The first-order valence-electron chi connectivity index (χ1n) is 7.86. The maximum atomic E-state index is 11.9. The Hall–Kier alpha value is -2.88. The Labute approximate surface area is 141 Å². The summed E-state index contributed by atoms with van der Waals surface area (Å²) in [6.45, 7) is 6.25. The van der Waals surface area contributed by atoms with Gasteiger partial charge in [-0.15, -0.1) is 0 Å². The molecule has 1 atom stereocenters. The van der Waals surface area contributed by atoms with Crippen LogP contribution in [0.5, 0.6) is 5.75 Å². The SMILES string of the molecule is C=CC(=O)Oc1cccc([C@H]2CN(C(C)=O)Cc3ccccc32)c1. The fourth-order valence-corrected chi connectivity index (χ4v) is 3.08. The Bertz CT molecular complexity index is 797. The molecule has 0 unspecified atom stereocenters. The van der Waals surface area contributed by atoms with Gasteiger partial charge in [-0.2, -0.15) is 0 Å². The molecule has 0 spiro atoms. The highest BCUT2D eigenvalue weighted by Gasteiger charge is 2.27. The Balaban J connectivity index is 1.98. The van der Waals surface area contributed by atoms with Gasteiger partial charge in [0.2, 0.25) is 5.91 Å². The molecular weight excluding hydrogens is 302 g/mol. The van der Waals surface area contributed by atoms with Gasteiger partial charge in [-0.05, 0) is 28.8 Å². The third-order valence-corrected chi connectivity index (χ3v) is 4.29. The van der Waals surface area contributed by atoms with E-state index in [1.807, 2.05) is 35.2 Å². The minimum Gasteiger partial charge on any atom is -0.423 e. The van der Waals surface area contributed by atoms with Crippen molar-refractivity contribution >= 4 is 11.9 Å². The van der Waals surface area contributed by atoms with Crippen LogP contribution in [0.25, 0.3) is 0 Å². The summed E-state index contributed by atoms with van der Waals surface area (Å²) in [7, 11) is 0. The molecule has 0 aliphatic carbocycles. The largest absolute Gasteiger partial charge is 0.423 e. The van der Waals surface area contributed by atoms with Gasteiger partial charge in [0.05, 0.1) is 0 Å². The average Bonchev–Trinajstić information content (AvgIpc) is 2.60. The van der Waals surface area contributed by atoms with Crippen LogP contribution in [0.3, 0.4) is 0 Å². The van der Waals surface area contributed by atoms with E-state index in [1.54, 1.807) is 13.0 Å². The minimum atomic E-state index is -0.485. The third kappa shape index (κ3) is 3.23. The standard InChI is InChI=1S/C20H19NO3/c1-3-20(23)24-17-9-6-8-15(11-17)19-13-21(14(2)22)12-16-7-4-5-10-18(16)19/h3-11,19H,1,12-13H2,2H3/t19-/m1/s1. The smallest absolute Gasteiger partial charge is 0.335 e. The molecule has 1 amide bonds. The van der Waals surface area contributed by atoms with Gasteiger partial charge < -0.3 is 9.64 Å². The van der Waals surface area contributed by atoms with E-state index in [9.17, 15) is 9.59 Å². The number of hydrogen-bond donors (Lipinski definition) is 0. The van der Waals surface area contributed by atoms with Crippen molar-refractivity contribution in [3.63, 3.8) is 0 Å². The molecule has 2 aromatic rings. The molecule has 24 heavy (non-hydrogen) atoms. The van der Waals surface area contributed by atoms with Crippen LogP contribution in [-0.2, 0) is 16.1 Å². The molecule has 2 aromatic carbocycles. The molecule has 4 nitrogen and oxygen atoms in total. The number of nitrogens with zero attached hydrogens (tertiary/aromatic N) is 1. The van der Waals surface area contributed by atoms with Crippen molar-refractivity contribution in [1.29, 1.82) is 0 Å². The van der Waals surface area contributed by atoms with Crippen molar-refractivity contribution in [2.24, 2.45) is 0 Å². The van der Waals surface area contributed by atoms with Crippen molar-refractivity contribution in [2.45, 2.75) is 19.4 Å². The normalized spacial score (nSPS) is 16.2. The molecule has 122 valence electrons. The first-order valence-corrected chi connectivity index (χ1v) is 7.86. The Kier molecular flexibility index (Phi) is 4.47. The van der Waals surface area contributed by atoms with Crippen molar-refractivity contribution in [3.05, 3.63) is 77.9 Å². The molecule has 1 aliphatic heterocycles. The summed E-state index contributed by atoms with van der Waals surface area (Å²) >= 11 is 0. The van der Waals surface area contributed by atoms with Gasteiger partial charge in [-0.1, -0.05) is 43.0 Å². The summed E-state index contributed by atoms with van der Waals surface area (Å²) in [6.07, 6.45) is 1.14. The monoisotopic (exact) mass is 321 g/mol. The fourth-order valence-electron chi connectivity index (χ4n) is 3.08. The predicted molar refractivity (Wildman–Crippen MR) is 91.7 cm³/mol. The van der Waals surface area contributed by atoms with Crippen LogP contribution in [0, 0.1) is 0 Å². The lowest BCUT2D eigenvalue weighted by atomic mass is 9.84. The zero-order chi connectivity index (χ0) is 17.1. The number of hydrogen-bond acceptors (Lipinski definition) is 3. The summed E-state index contributed by atoms with van der Waals surface area (Å²) in [6, 6.07) is 15.6. The van der Waals surface area contributed by atoms with Gasteiger partial charge in [0, 0.05) is 32.0 Å². The van der Waals surface area contributed by atoms with Crippen molar-refractivity contribution in [3.8, 4) is 5.75 Å². The van der Waals surface area contributed by atoms with Crippen LogP contribution in [0.2, 0.25) is 0 Å². The predicted octanol–water partition coefficient (Wildman–Crippen LogP) is 3.27. The second-order valence-corrected chi connectivity index (χ2v) is 5.85. The Morgan fingerprint density at radius 3 is 2.75 bits per heavy atom. The van der Waals surface area contributed by atoms with Gasteiger partial charge in [0.15, 0.2) is 0 Å². The molecule has 0 bridgehead atoms. The van der Waals surface area contributed by atoms with Gasteiger partial charge in [0.25, 0.3) is 0 Å². The molecule has 0 saturated heterocycles. The topological polar surface area (TPSA) is 46.6 Å². The third-order valence-electron chi connectivity index (χ3n) is 4.29. The maximum Gasteiger partial charge on any atom is 0.335 e. The van der Waals surface area contributed by atoms with Crippen LogP contribution in [-0.4, -0.2) is 23.3 Å². The Morgan fingerprint density at radius 1 is 1.21 bits per heavy atom. The lowest BCUT2D eigenvalue weighted by molar-refractivity contribution is -0.130. The molecule has 3 rings (SSSR count). The molecule has 1 aliphatic rings. The van der Waals surface area contributed by atoms with Gasteiger partial charge in [-0.25, -0.2) is 4.79 Å². The highest BCUT2D eigenvalue weighted by atomic mass is 16.5. The summed E-state index contributed by atoms with van der Waals surface area (Å²) in [5.41, 5.74) is 3.38. The number of carbonyl (C=O) groups is 2. The van der Waals surface area contributed by atoms with Crippen molar-refractivity contribution < 1.29 is 14.3 Å². The molecule has 0 saturated carbocycles. The average molecular weight is 321 g/mol. The van der Waals surface area contributed by atoms with Gasteiger partial charge in [-0.3, -0.25) is 4.79 Å². The van der Waals surface area contributed by atoms with Crippen LogP contribution in [0.15, 0.2) is 61.2 Å². The van der Waals surface area contributed by atoms with E-state index in [1.165, 1.54) is 5.56 Å². The summed E-state index contributed by atoms with van der Waals surface area (Å²) in [5, 5.41) is 0. The highest BCUT2D eigenvalue weighted by Crippen LogP contribution is 2.34. The summed E-state index contributed by atoms with van der Waals surface area (Å²) < 4.78 is 5.22. The van der Waals surface area contributed by atoms with Crippen LogP contribution < -0.4 is 4.74 Å².